The first-order valence-corrected chi connectivity index (χ1v) is 8.40. The van der Waals surface area contributed by atoms with Gasteiger partial charge in [-0.15, -0.1) is 0 Å². The second kappa shape index (κ2) is 6.84. The van der Waals surface area contributed by atoms with E-state index in [1.54, 1.807) is 12.3 Å². The summed E-state index contributed by atoms with van der Waals surface area (Å²) in [6.45, 7) is 0. The van der Waals surface area contributed by atoms with Gasteiger partial charge >= 0.3 is 0 Å². The summed E-state index contributed by atoms with van der Waals surface area (Å²) < 4.78 is 13.3. The molecule has 128 valence electrons. The zero-order chi connectivity index (χ0) is 17.9. The molecule has 1 heterocycles. The van der Waals surface area contributed by atoms with Gasteiger partial charge in [0.1, 0.15) is 5.82 Å². The molecule has 4 aromatic rings. The van der Waals surface area contributed by atoms with Gasteiger partial charge in [-0.05, 0) is 47.0 Å². The second-order valence-corrected chi connectivity index (χ2v) is 6.17. The van der Waals surface area contributed by atoms with E-state index in [0.717, 1.165) is 27.8 Å². The topological polar surface area (TPSA) is 44.9 Å². The number of carbonyl (C=O) groups is 1. The van der Waals surface area contributed by atoms with Crippen molar-refractivity contribution in [1.29, 1.82) is 0 Å². The number of benzene rings is 3. The number of aromatic amines is 1. The average Bonchev–Trinajstić information content (AvgIpc) is 3.04. The molecule has 0 atom stereocenters. The third-order valence-electron chi connectivity index (χ3n) is 4.36. The monoisotopic (exact) mass is 344 g/mol. The Hall–Kier alpha value is -3.40. The molecule has 0 fully saturated rings. The minimum atomic E-state index is -0.297. The minimum Gasteiger partial charge on any atom is -0.361 e. The van der Waals surface area contributed by atoms with Gasteiger partial charge in [0.25, 0.3) is 0 Å². The number of amides is 1. The molecule has 0 aliphatic rings. The van der Waals surface area contributed by atoms with Gasteiger partial charge in [-0.25, -0.2) is 4.39 Å². The van der Waals surface area contributed by atoms with E-state index < -0.39 is 0 Å². The van der Waals surface area contributed by atoms with Crippen LogP contribution in [0.25, 0.3) is 22.0 Å². The highest BCUT2D eigenvalue weighted by Crippen LogP contribution is 2.22. The molecule has 0 unspecified atom stereocenters. The molecule has 0 aliphatic heterocycles. The van der Waals surface area contributed by atoms with Crippen molar-refractivity contribution < 1.29 is 9.18 Å². The lowest BCUT2D eigenvalue weighted by Gasteiger charge is -2.07. The first kappa shape index (κ1) is 16.1. The lowest BCUT2D eigenvalue weighted by atomic mass is 10.1. The first-order chi connectivity index (χ1) is 12.7. The molecule has 0 bridgehead atoms. The summed E-state index contributed by atoms with van der Waals surface area (Å²) in [6.07, 6.45) is 1.98. The fraction of sp³-hybridized carbons (Fsp3) is 0.0455. The maximum atomic E-state index is 13.3. The van der Waals surface area contributed by atoms with E-state index >= 15 is 0 Å². The van der Waals surface area contributed by atoms with E-state index in [1.807, 2.05) is 54.6 Å². The smallest absolute Gasteiger partial charge is 0.228 e. The normalized spacial score (nSPS) is 10.8. The molecule has 26 heavy (non-hydrogen) atoms. The van der Waals surface area contributed by atoms with Gasteiger partial charge in [0.15, 0.2) is 0 Å². The number of hydrogen-bond acceptors (Lipinski definition) is 1. The summed E-state index contributed by atoms with van der Waals surface area (Å²) in [5.41, 5.74) is 4.53. The molecule has 0 spiro atoms. The van der Waals surface area contributed by atoms with E-state index in [-0.39, 0.29) is 18.1 Å². The van der Waals surface area contributed by atoms with E-state index in [1.165, 1.54) is 12.1 Å². The highest BCUT2D eigenvalue weighted by Gasteiger charge is 2.10. The van der Waals surface area contributed by atoms with Crippen molar-refractivity contribution in [2.45, 2.75) is 6.42 Å². The molecule has 0 radical (unpaired) electrons. The Kier molecular flexibility index (Phi) is 4.23. The number of nitrogens with one attached hydrogen (secondary N) is 2. The number of halogens is 1. The Morgan fingerprint density at radius 3 is 2.42 bits per heavy atom. The maximum absolute atomic E-state index is 13.3. The lowest BCUT2D eigenvalue weighted by molar-refractivity contribution is -0.115. The van der Waals surface area contributed by atoms with E-state index in [2.05, 4.69) is 10.3 Å². The van der Waals surface area contributed by atoms with Crippen LogP contribution in [0.15, 0.2) is 79.0 Å². The van der Waals surface area contributed by atoms with Crippen LogP contribution in [0.5, 0.6) is 0 Å². The fourth-order valence-electron chi connectivity index (χ4n) is 3.06. The van der Waals surface area contributed by atoms with Crippen molar-refractivity contribution in [2.75, 3.05) is 5.32 Å². The van der Waals surface area contributed by atoms with Crippen LogP contribution in [0.4, 0.5) is 10.1 Å². The van der Waals surface area contributed by atoms with Gasteiger partial charge in [-0.3, -0.25) is 4.79 Å². The van der Waals surface area contributed by atoms with Crippen LogP contribution < -0.4 is 5.32 Å². The Morgan fingerprint density at radius 1 is 0.923 bits per heavy atom. The molecular formula is C22H17FN2O. The summed E-state index contributed by atoms with van der Waals surface area (Å²) >= 11 is 0. The molecule has 4 rings (SSSR count). The van der Waals surface area contributed by atoms with Crippen LogP contribution in [0.3, 0.4) is 0 Å². The average molecular weight is 344 g/mol. The van der Waals surface area contributed by atoms with Crippen LogP contribution >= 0.6 is 0 Å². The second-order valence-electron chi connectivity index (χ2n) is 6.17. The van der Waals surface area contributed by atoms with Crippen molar-refractivity contribution >= 4 is 22.5 Å². The van der Waals surface area contributed by atoms with Gasteiger partial charge in [0, 0.05) is 22.8 Å². The number of fused-ring (bicyclic) bond motifs is 1. The lowest BCUT2D eigenvalue weighted by Crippen LogP contribution is -2.14. The number of anilines is 1. The van der Waals surface area contributed by atoms with Gasteiger partial charge < -0.3 is 10.3 Å². The highest BCUT2D eigenvalue weighted by molar-refractivity contribution is 5.96. The van der Waals surface area contributed by atoms with Crippen LogP contribution in [0.1, 0.15) is 5.56 Å². The zero-order valence-corrected chi connectivity index (χ0v) is 14.0. The molecule has 0 aliphatic carbocycles. The van der Waals surface area contributed by atoms with E-state index in [9.17, 15) is 9.18 Å². The Labute approximate surface area is 150 Å². The molecule has 0 saturated heterocycles. The molecule has 2 N–H and O–H groups in total. The Morgan fingerprint density at radius 2 is 1.65 bits per heavy atom. The number of aromatic nitrogens is 1. The van der Waals surface area contributed by atoms with Crippen molar-refractivity contribution in [1.82, 2.24) is 4.98 Å². The third-order valence-corrected chi connectivity index (χ3v) is 4.36. The quantitative estimate of drug-likeness (QED) is 0.528. The van der Waals surface area contributed by atoms with E-state index in [4.69, 9.17) is 0 Å². The van der Waals surface area contributed by atoms with Crippen LogP contribution in [0.2, 0.25) is 0 Å². The zero-order valence-electron chi connectivity index (χ0n) is 14.0. The molecule has 1 aromatic heterocycles. The van der Waals surface area contributed by atoms with Crippen molar-refractivity contribution in [3.63, 3.8) is 0 Å². The third kappa shape index (κ3) is 3.35. The van der Waals surface area contributed by atoms with Crippen LogP contribution in [0, 0.1) is 5.82 Å². The summed E-state index contributed by atoms with van der Waals surface area (Å²) in [4.78, 5) is 15.4. The molecule has 4 heteroatoms. The highest BCUT2D eigenvalue weighted by atomic mass is 19.1. The summed E-state index contributed by atoms with van der Waals surface area (Å²) in [5.74, 6) is -0.406. The van der Waals surface area contributed by atoms with Crippen molar-refractivity contribution in [2.24, 2.45) is 0 Å². The summed E-state index contributed by atoms with van der Waals surface area (Å²) in [5, 5.41) is 3.77. The van der Waals surface area contributed by atoms with Crippen LogP contribution in [-0.4, -0.2) is 10.9 Å². The SMILES string of the molecule is O=C(Cc1c[nH]c2cc(F)ccc12)Nc1ccc(-c2ccccc2)cc1. The van der Waals surface area contributed by atoms with Crippen LogP contribution in [-0.2, 0) is 11.2 Å². The Balaban J connectivity index is 1.46. The standard InChI is InChI=1S/C22H17FN2O/c23-18-8-11-20-17(14-24-21(20)13-18)12-22(26)25-19-9-6-16(7-10-19)15-4-2-1-3-5-15/h1-11,13-14,24H,12H2,(H,25,26). The van der Waals surface area contributed by atoms with Crippen molar-refractivity contribution in [3.8, 4) is 11.1 Å². The summed E-state index contributed by atoms with van der Waals surface area (Å²) in [7, 11) is 0. The molecule has 3 aromatic carbocycles. The largest absolute Gasteiger partial charge is 0.361 e. The molecular weight excluding hydrogens is 327 g/mol. The number of rotatable bonds is 4. The summed E-state index contributed by atoms with van der Waals surface area (Å²) in [6, 6.07) is 22.4. The Bertz CT molecular complexity index is 1050. The molecule has 3 nitrogen and oxygen atoms in total. The van der Waals surface area contributed by atoms with E-state index in [0.29, 0.717) is 5.52 Å². The van der Waals surface area contributed by atoms with Gasteiger partial charge in [0.05, 0.1) is 6.42 Å². The number of H-pyrrole nitrogens is 1. The predicted molar refractivity (Wildman–Crippen MR) is 102 cm³/mol. The minimum absolute atomic E-state index is 0.109. The van der Waals surface area contributed by atoms with Crippen molar-refractivity contribution in [3.05, 3.63) is 90.4 Å². The molecule has 1 amide bonds. The van der Waals surface area contributed by atoms with Gasteiger partial charge in [-0.2, -0.15) is 0 Å². The van der Waals surface area contributed by atoms with Gasteiger partial charge in [-0.1, -0.05) is 42.5 Å². The number of hydrogen-bond donors (Lipinski definition) is 2. The molecule has 0 saturated carbocycles. The first-order valence-electron chi connectivity index (χ1n) is 8.40. The maximum Gasteiger partial charge on any atom is 0.228 e. The fourth-order valence-corrected chi connectivity index (χ4v) is 3.06. The van der Waals surface area contributed by atoms with Gasteiger partial charge in [0.2, 0.25) is 5.91 Å². The predicted octanol–water partition coefficient (Wildman–Crippen LogP) is 5.16. The number of carbonyl (C=O) groups excluding carboxylic acids is 1.